The fraction of sp³-hybridized carbons (Fsp3) is 0.0556. The lowest BCUT2D eigenvalue weighted by atomic mass is 10.1. The summed E-state index contributed by atoms with van der Waals surface area (Å²) in [6.07, 6.45) is 7.90. The first kappa shape index (κ1) is 15.1. The lowest BCUT2D eigenvalue weighted by molar-refractivity contribution is 0.972. The van der Waals surface area contributed by atoms with Gasteiger partial charge >= 0.3 is 0 Å². The number of fused-ring (bicyclic) bond motifs is 1. The van der Waals surface area contributed by atoms with E-state index in [9.17, 15) is 0 Å². The molecule has 6 heteroatoms. The van der Waals surface area contributed by atoms with Crippen LogP contribution in [0.4, 0.5) is 0 Å². The Kier molecular flexibility index (Phi) is 3.92. The van der Waals surface area contributed by atoms with E-state index in [1.807, 2.05) is 36.7 Å². The van der Waals surface area contributed by atoms with Gasteiger partial charge in [-0.15, -0.1) is 0 Å². The highest BCUT2D eigenvalue weighted by molar-refractivity contribution is 6.42. The van der Waals surface area contributed by atoms with Crippen LogP contribution in [0.2, 0.25) is 10.0 Å². The van der Waals surface area contributed by atoms with E-state index in [2.05, 4.69) is 19.9 Å². The quantitative estimate of drug-likeness (QED) is 0.568. The number of hydrogen-bond donors (Lipinski definition) is 1. The first-order valence-electron chi connectivity index (χ1n) is 7.38. The molecule has 3 aromatic heterocycles. The van der Waals surface area contributed by atoms with Gasteiger partial charge in [-0.3, -0.25) is 4.98 Å². The first-order valence-corrected chi connectivity index (χ1v) is 8.13. The summed E-state index contributed by atoms with van der Waals surface area (Å²) < 4.78 is 0. The summed E-state index contributed by atoms with van der Waals surface area (Å²) in [7, 11) is 0. The maximum atomic E-state index is 6.07. The Balaban J connectivity index is 1.70. The van der Waals surface area contributed by atoms with E-state index < -0.39 is 0 Å². The van der Waals surface area contributed by atoms with E-state index in [4.69, 9.17) is 23.2 Å². The van der Waals surface area contributed by atoms with Gasteiger partial charge in [-0.1, -0.05) is 29.3 Å². The molecule has 3 heterocycles. The number of benzene rings is 1. The van der Waals surface area contributed by atoms with E-state index in [0.717, 1.165) is 33.5 Å². The molecule has 0 saturated heterocycles. The third-order valence-electron chi connectivity index (χ3n) is 3.81. The van der Waals surface area contributed by atoms with Crippen molar-refractivity contribution >= 4 is 34.1 Å². The van der Waals surface area contributed by atoms with Crippen LogP contribution in [0.25, 0.3) is 22.2 Å². The predicted octanol–water partition coefficient (Wildman–Crippen LogP) is 4.92. The van der Waals surface area contributed by atoms with Gasteiger partial charge in [0, 0.05) is 47.7 Å². The summed E-state index contributed by atoms with van der Waals surface area (Å²) in [5.41, 5.74) is 3.92. The lowest BCUT2D eigenvalue weighted by Crippen LogP contribution is -1.97. The molecule has 0 radical (unpaired) electrons. The zero-order valence-electron chi connectivity index (χ0n) is 12.5. The molecule has 0 aliphatic heterocycles. The van der Waals surface area contributed by atoms with Crippen LogP contribution in [-0.4, -0.2) is 19.9 Å². The summed E-state index contributed by atoms with van der Waals surface area (Å²) in [5, 5.41) is 2.12. The Bertz CT molecular complexity index is 1030. The summed E-state index contributed by atoms with van der Waals surface area (Å²) in [4.78, 5) is 16.5. The SMILES string of the molecule is Clc1ccc(Cc2nccc(-c3c[nH]c4ccncc34)n2)cc1Cl. The van der Waals surface area contributed by atoms with Crippen molar-refractivity contribution in [3.05, 3.63) is 76.6 Å². The monoisotopic (exact) mass is 354 g/mol. The Hall–Kier alpha value is -2.43. The van der Waals surface area contributed by atoms with Gasteiger partial charge in [-0.05, 0) is 29.8 Å². The molecule has 24 heavy (non-hydrogen) atoms. The van der Waals surface area contributed by atoms with Crippen molar-refractivity contribution < 1.29 is 0 Å². The van der Waals surface area contributed by atoms with Gasteiger partial charge in [-0.25, -0.2) is 9.97 Å². The molecule has 0 aliphatic carbocycles. The molecule has 0 spiro atoms. The molecular formula is C18H12Cl2N4. The Labute approximate surface area is 148 Å². The normalized spacial score (nSPS) is 11.1. The number of aromatic nitrogens is 4. The van der Waals surface area contributed by atoms with Crippen molar-refractivity contribution in [2.45, 2.75) is 6.42 Å². The van der Waals surface area contributed by atoms with Gasteiger partial charge in [0.2, 0.25) is 0 Å². The maximum absolute atomic E-state index is 6.07. The molecule has 4 rings (SSSR count). The molecule has 4 nitrogen and oxygen atoms in total. The van der Waals surface area contributed by atoms with Gasteiger partial charge in [0.1, 0.15) is 5.82 Å². The minimum atomic E-state index is 0.535. The molecule has 4 aromatic rings. The topological polar surface area (TPSA) is 54.5 Å². The molecule has 0 aliphatic rings. The summed E-state index contributed by atoms with van der Waals surface area (Å²) >= 11 is 12.0. The number of rotatable bonds is 3. The maximum Gasteiger partial charge on any atom is 0.133 e. The Morgan fingerprint density at radius 2 is 1.92 bits per heavy atom. The van der Waals surface area contributed by atoms with Gasteiger partial charge in [0.25, 0.3) is 0 Å². The van der Waals surface area contributed by atoms with Crippen molar-refractivity contribution in [2.24, 2.45) is 0 Å². The fourth-order valence-electron chi connectivity index (χ4n) is 2.64. The Morgan fingerprint density at radius 3 is 2.79 bits per heavy atom. The lowest BCUT2D eigenvalue weighted by Gasteiger charge is -2.05. The minimum Gasteiger partial charge on any atom is -0.360 e. The second kappa shape index (κ2) is 6.23. The summed E-state index contributed by atoms with van der Waals surface area (Å²) in [6.45, 7) is 0. The van der Waals surface area contributed by atoms with Crippen molar-refractivity contribution in [1.29, 1.82) is 0 Å². The first-order chi connectivity index (χ1) is 11.7. The number of H-pyrrole nitrogens is 1. The zero-order chi connectivity index (χ0) is 16.5. The van der Waals surface area contributed by atoms with Crippen LogP contribution < -0.4 is 0 Å². The highest BCUT2D eigenvalue weighted by Crippen LogP contribution is 2.27. The number of pyridine rings is 1. The number of halogens is 2. The number of hydrogen-bond acceptors (Lipinski definition) is 3. The largest absolute Gasteiger partial charge is 0.360 e. The second-order valence-electron chi connectivity index (χ2n) is 5.41. The van der Waals surface area contributed by atoms with Crippen LogP contribution in [-0.2, 0) is 6.42 Å². The highest BCUT2D eigenvalue weighted by Gasteiger charge is 2.09. The molecule has 0 bridgehead atoms. The van der Waals surface area contributed by atoms with Crippen LogP contribution in [0.15, 0.2) is 55.1 Å². The zero-order valence-corrected chi connectivity index (χ0v) is 14.0. The Morgan fingerprint density at radius 1 is 1.00 bits per heavy atom. The van der Waals surface area contributed by atoms with Gasteiger partial charge in [-0.2, -0.15) is 0 Å². The van der Waals surface area contributed by atoms with E-state index in [1.165, 1.54) is 0 Å². The minimum absolute atomic E-state index is 0.535. The average molecular weight is 355 g/mol. The van der Waals surface area contributed by atoms with Crippen LogP contribution in [0.3, 0.4) is 0 Å². The van der Waals surface area contributed by atoms with E-state index in [0.29, 0.717) is 16.5 Å². The molecule has 1 N–H and O–H groups in total. The standard InChI is InChI=1S/C18H12Cl2N4/c19-14-2-1-11(7-15(14)20)8-18-22-6-4-17(24-18)13-10-23-16-3-5-21-9-12(13)16/h1-7,9-10,23H,8H2. The number of nitrogens with zero attached hydrogens (tertiary/aromatic N) is 3. The molecule has 0 amide bonds. The van der Waals surface area contributed by atoms with Gasteiger partial charge < -0.3 is 4.98 Å². The van der Waals surface area contributed by atoms with Crippen LogP contribution in [0.5, 0.6) is 0 Å². The molecule has 0 atom stereocenters. The molecule has 0 unspecified atom stereocenters. The van der Waals surface area contributed by atoms with Gasteiger partial charge in [0.05, 0.1) is 15.7 Å². The smallest absolute Gasteiger partial charge is 0.133 e. The van der Waals surface area contributed by atoms with E-state index >= 15 is 0 Å². The third-order valence-corrected chi connectivity index (χ3v) is 4.55. The van der Waals surface area contributed by atoms with Crippen molar-refractivity contribution in [1.82, 2.24) is 19.9 Å². The molecule has 1 aromatic carbocycles. The third kappa shape index (κ3) is 2.86. The predicted molar refractivity (Wildman–Crippen MR) is 96.4 cm³/mol. The van der Waals surface area contributed by atoms with Crippen LogP contribution in [0.1, 0.15) is 11.4 Å². The number of aromatic amines is 1. The van der Waals surface area contributed by atoms with Crippen molar-refractivity contribution in [3.8, 4) is 11.3 Å². The molecule has 0 saturated carbocycles. The second-order valence-corrected chi connectivity index (χ2v) is 6.22. The molecule has 0 fully saturated rings. The van der Waals surface area contributed by atoms with E-state index in [1.54, 1.807) is 18.5 Å². The molecule has 118 valence electrons. The molecular weight excluding hydrogens is 343 g/mol. The van der Waals surface area contributed by atoms with Gasteiger partial charge in [0.15, 0.2) is 0 Å². The highest BCUT2D eigenvalue weighted by atomic mass is 35.5. The number of nitrogens with one attached hydrogen (secondary N) is 1. The van der Waals surface area contributed by atoms with E-state index in [-0.39, 0.29) is 0 Å². The van der Waals surface area contributed by atoms with Crippen LogP contribution >= 0.6 is 23.2 Å². The van der Waals surface area contributed by atoms with Crippen molar-refractivity contribution in [3.63, 3.8) is 0 Å². The van der Waals surface area contributed by atoms with Crippen molar-refractivity contribution in [2.75, 3.05) is 0 Å². The fourth-order valence-corrected chi connectivity index (χ4v) is 2.96. The summed E-state index contributed by atoms with van der Waals surface area (Å²) in [5.74, 6) is 0.726. The van der Waals surface area contributed by atoms with Crippen LogP contribution in [0, 0.1) is 0 Å². The average Bonchev–Trinajstić information content (AvgIpc) is 3.03. The summed E-state index contributed by atoms with van der Waals surface area (Å²) in [6, 6.07) is 9.40.